The van der Waals surface area contributed by atoms with Gasteiger partial charge in [-0.1, -0.05) is 13.8 Å². The molecule has 2 N–H and O–H groups in total. The molecule has 2 rings (SSSR count). The number of aromatic nitrogens is 2. The Labute approximate surface area is 127 Å². The number of aryl methyl sites for hydroxylation is 1. The predicted octanol–water partition coefficient (Wildman–Crippen LogP) is 1.64. The highest BCUT2D eigenvalue weighted by Crippen LogP contribution is 2.32. The average Bonchev–Trinajstić information content (AvgIpc) is 3.18. The topological polar surface area (TPSA) is 78.1 Å². The first-order valence-corrected chi connectivity index (χ1v) is 9.19. The Bertz CT molecular complexity index is 564. The Hall–Kier alpha value is -0.920. The molecule has 1 aromatic rings. The van der Waals surface area contributed by atoms with Crippen LogP contribution < -0.4 is 5.32 Å². The molecular formula is C14H26N4O2S. The summed E-state index contributed by atoms with van der Waals surface area (Å²) in [5.74, 6) is 0.536. The molecule has 0 aromatic carbocycles. The smallest absolute Gasteiger partial charge is 0.246 e. The van der Waals surface area contributed by atoms with Crippen molar-refractivity contribution in [2.45, 2.75) is 51.5 Å². The maximum absolute atomic E-state index is 12.9. The van der Waals surface area contributed by atoms with Crippen molar-refractivity contribution >= 4 is 10.0 Å². The van der Waals surface area contributed by atoms with Gasteiger partial charge in [0.2, 0.25) is 10.0 Å². The van der Waals surface area contributed by atoms with Gasteiger partial charge < -0.3 is 5.32 Å². The molecule has 0 atom stereocenters. The number of sulfonamides is 1. The molecule has 1 aromatic heterocycles. The summed E-state index contributed by atoms with van der Waals surface area (Å²) in [7, 11) is -3.46. The van der Waals surface area contributed by atoms with E-state index in [1.807, 2.05) is 6.92 Å². The van der Waals surface area contributed by atoms with E-state index in [1.165, 1.54) is 0 Å². The first-order chi connectivity index (χ1) is 10.0. The van der Waals surface area contributed by atoms with Crippen molar-refractivity contribution in [2.75, 3.05) is 19.6 Å². The highest BCUT2D eigenvalue weighted by Gasteiger charge is 2.34. The lowest BCUT2D eigenvalue weighted by Crippen LogP contribution is -2.34. The van der Waals surface area contributed by atoms with Crippen LogP contribution in [-0.2, 0) is 16.6 Å². The summed E-state index contributed by atoms with van der Waals surface area (Å²) in [6.07, 6.45) is 3.29. The van der Waals surface area contributed by atoms with Gasteiger partial charge in [-0.15, -0.1) is 0 Å². The monoisotopic (exact) mass is 314 g/mol. The largest absolute Gasteiger partial charge is 0.311 e. The summed E-state index contributed by atoms with van der Waals surface area (Å²) in [5, 5.41) is 10.2. The van der Waals surface area contributed by atoms with Crippen LogP contribution in [0, 0.1) is 12.8 Å². The van der Waals surface area contributed by atoms with Gasteiger partial charge in [0.25, 0.3) is 0 Å². The number of hydrogen-bond acceptors (Lipinski definition) is 4. The molecule has 1 fully saturated rings. The molecule has 7 heteroatoms. The molecule has 1 aliphatic carbocycles. The molecule has 6 nitrogen and oxygen atoms in total. The van der Waals surface area contributed by atoms with Crippen molar-refractivity contribution in [1.29, 1.82) is 0 Å². The molecule has 1 aliphatic rings. The number of nitrogens with zero attached hydrogens (tertiary/aromatic N) is 2. The highest BCUT2D eigenvalue weighted by atomic mass is 32.2. The molecular weight excluding hydrogens is 288 g/mol. The minimum atomic E-state index is -3.46. The van der Waals surface area contributed by atoms with Crippen molar-refractivity contribution in [2.24, 2.45) is 5.92 Å². The fourth-order valence-electron chi connectivity index (χ4n) is 2.43. The summed E-state index contributed by atoms with van der Waals surface area (Å²) in [6.45, 7) is 8.21. The lowest BCUT2D eigenvalue weighted by atomic mass is 10.3. The molecule has 0 aliphatic heterocycles. The zero-order chi connectivity index (χ0) is 15.5. The molecule has 0 unspecified atom stereocenters. The third-order valence-corrected chi connectivity index (χ3v) is 5.93. The van der Waals surface area contributed by atoms with Gasteiger partial charge in [-0.3, -0.25) is 5.10 Å². The summed E-state index contributed by atoms with van der Waals surface area (Å²) in [4.78, 5) is 0.355. The molecule has 0 amide bonds. The molecule has 21 heavy (non-hydrogen) atoms. The SMILES string of the molecule is CCCNCc1n[nH]c(C)c1S(=O)(=O)N(CC)CC1CC1. The molecule has 0 saturated heterocycles. The van der Waals surface area contributed by atoms with E-state index in [2.05, 4.69) is 22.4 Å². The van der Waals surface area contributed by atoms with Crippen molar-refractivity contribution < 1.29 is 8.42 Å². The average molecular weight is 314 g/mol. The Morgan fingerprint density at radius 3 is 2.67 bits per heavy atom. The number of H-pyrrole nitrogens is 1. The van der Waals surface area contributed by atoms with E-state index < -0.39 is 10.0 Å². The van der Waals surface area contributed by atoms with E-state index in [4.69, 9.17) is 0 Å². The first kappa shape index (κ1) is 16.5. The van der Waals surface area contributed by atoms with Gasteiger partial charge in [0.05, 0.1) is 11.4 Å². The van der Waals surface area contributed by atoms with Gasteiger partial charge in [0, 0.05) is 19.6 Å². The van der Waals surface area contributed by atoms with E-state index in [9.17, 15) is 8.42 Å². The highest BCUT2D eigenvalue weighted by molar-refractivity contribution is 7.89. The van der Waals surface area contributed by atoms with Crippen LogP contribution in [0.15, 0.2) is 4.90 Å². The Morgan fingerprint density at radius 2 is 2.10 bits per heavy atom. The standard InChI is InChI=1S/C14H26N4O2S/c1-4-8-15-9-13-14(11(3)16-17-13)21(19,20)18(5-2)10-12-6-7-12/h12,15H,4-10H2,1-3H3,(H,16,17). The fraction of sp³-hybridized carbons (Fsp3) is 0.786. The molecule has 0 bridgehead atoms. The van der Waals surface area contributed by atoms with Crippen molar-refractivity contribution in [3.05, 3.63) is 11.4 Å². The summed E-state index contributed by atoms with van der Waals surface area (Å²) >= 11 is 0. The maximum atomic E-state index is 12.9. The number of rotatable bonds is 9. The van der Waals surface area contributed by atoms with Gasteiger partial charge in [0.15, 0.2) is 0 Å². The zero-order valence-electron chi connectivity index (χ0n) is 13.1. The second kappa shape index (κ2) is 6.89. The quantitative estimate of drug-likeness (QED) is 0.679. The Kier molecular flexibility index (Phi) is 5.40. The molecule has 0 radical (unpaired) electrons. The van der Waals surface area contributed by atoms with Crippen LogP contribution >= 0.6 is 0 Å². The fourth-order valence-corrected chi connectivity index (χ4v) is 4.28. The maximum Gasteiger partial charge on any atom is 0.246 e. The van der Waals surface area contributed by atoms with Crippen LogP contribution in [0.1, 0.15) is 44.5 Å². The van der Waals surface area contributed by atoms with Crippen LogP contribution in [0.3, 0.4) is 0 Å². The zero-order valence-corrected chi connectivity index (χ0v) is 14.0. The van der Waals surface area contributed by atoms with Gasteiger partial charge >= 0.3 is 0 Å². The third kappa shape index (κ3) is 3.84. The van der Waals surface area contributed by atoms with Crippen LogP contribution in [0.4, 0.5) is 0 Å². The number of nitrogens with one attached hydrogen (secondary N) is 2. The molecule has 120 valence electrons. The van der Waals surface area contributed by atoms with Crippen LogP contribution in [0.5, 0.6) is 0 Å². The minimum Gasteiger partial charge on any atom is -0.311 e. The second-order valence-electron chi connectivity index (χ2n) is 5.70. The lowest BCUT2D eigenvalue weighted by Gasteiger charge is -2.20. The summed E-state index contributed by atoms with van der Waals surface area (Å²) in [6, 6.07) is 0. The predicted molar refractivity (Wildman–Crippen MR) is 82.5 cm³/mol. The second-order valence-corrected chi connectivity index (χ2v) is 7.58. The first-order valence-electron chi connectivity index (χ1n) is 7.75. The van der Waals surface area contributed by atoms with Gasteiger partial charge in [-0.2, -0.15) is 9.40 Å². The van der Waals surface area contributed by atoms with Gasteiger partial charge in [0.1, 0.15) is 4.90 Å². The van der Waals surface area contributed by atoms with Crippen molar-refractivity contribution in [3.8, 4) is 0 Å². The minimum absolute atomic E-state index is 0.355. The van der Waals surface area contributed by atoms with E-state index >= 15 is 0 Å². The van der Waals surface area contributed by atoms with Gasteiger partial charge in [-0.05, 0) is 38.6 Å². The molecule has 1 saturated carbocycles. The van der Waals surface area contributed by atoms with Crippen LogP contribution in [0.2, 0.25) is 0 Å². The van der Waals surface area contributed by atoms with Crippen molar-refractivity contribution in [3.63, 3.8) is 0 Å². The van der Waals surface area contributed by atoms with E-state index in [1.54, 1.807) is 11.2 Å². The van der Waals surface area contributed by atoms with E-state index in [0.29, 0.717) is 41.8 Å². The Morgan fingerprint density at radius 1 is 1.38 bits per heavy atom. The van der Waals surface area contributed by atoms with Gasteiger partial charge in [-0.25, -0.2) is 8.42 Å². The lowest BCUT2D eigenvalue weighted by molar-refractivity contribution is 0.411. The summed E-state index contributed by atoms with van der Waals surface area (Å²) in [5.41, 5.74) is 1.22. The van der Waals surface area contributed by atoms with Crippen LogP contribution in [0.25, 0.3) is 0 Å². The van der Waals surface area contributed by atoms with E-state index in [0.717, 1.165) is 25.8 Å². The number of aromatic amines is 1. The number of hydrogen-bond donors (Lipinski definition) is 2. The summed E-state index contributed by atoms with van der Waals surface area (Å²) < 4.78 is 27.4. The molecule has 1 heterocycles. The Balaban J connectivity index is 2.22. The normalized spacial score (nSPS) is 15.8. The van der Waals surface area contributed by atoms with E-state index in [-0.39, 0.29) is 0 Å². The van der Waals surface area contributed by atoms with Crippen molar-refractivity contribution in [1.82, 2.24) is 19.8 Å². The molecule has 0 spiro atoms. The van der Waals surface area contributed by atoms with Crippen LogP contribution in [-0.4, -0.2) is 42.6 Å². The third-order valence-electron chi connectivity index (χ3n) is 3.79.